The molecule has 2 aromatic rings. The summed E-state index contributed by atoms with van der Waals surface area (Å²) in [5, 5.41) is 3.53. The zero-order chi connectivity index (χ0) is 13.6. The lowest BCUT2D eigenvalue weighted by Gasteiger charge is -2.18. The molecule has 1 aliphatic rings. The van der Waals surface area contributed by atoms with Gasteiger partial charge in [-0.3, -0.25) is 0 Å². The number of rotatable bonds is 1. The summed E-state index contributed by atoms with van der Waals surface area (Å²) in [6, 6.07) is 6.95. The van der Waals surface area contributed by atoms with E-state index in [4.69, 9.17) is 4.98 Å². The van der Waals surface area contributed by atoms with Crippen LogP contribution in [0.3, 0.4) is 0 Å². The third-order valence-corrected chi connectivity index (χ3v) is 4.05. The molecular weight excluding hydrogens is 234 g/mol. The molecule has 2 heterocycles. The zero-order valence-corrected chi connectivity index (χ0v) is 12.2. The molecule has 0 spiro atoms. The van der Waals surface area contributed by atoms with Crippen LogP contribution in [0.2, 0.25) is 0 Å². The number of hydrogen-bond donors (Lipinski definition) is 2. The van der Waals surface area contributed by atoms with Gasteiger partial charge in [-0.05, 0) is 42.0 Å². The van der Waals surface area contributed by atoms with Crippen LogP contribution in [0.4, 0.5) is 0 Å². The average molecular weight is 257 g/mol. The van der Waals surface area contributed by atoms with Gasteiger partial charge < -0.3 is 10.3 Å². The molecule has 19 heavy (non-hydrogen) atoms. The predicted molar refractivity (Wildman–Crippen MR) is 79.3 cm³/mol. The van der Waals surface area contributed by atoms with Crippen LogP contribution in [-0.4, -0.2) is 16.5 Å². The van der Waals surface area contributed by atoms with E-state index in [0.717, 1.165) is 29.3 Å². The monoisotopic (exact) mass is 257 g/mol. The molecule has 3 nitrogen and oxygen atoms in total. The molecule has 1 saturated heterocycles. The zero-order valence-electron chi connectivity index (χ0n) is 12.2. The van der Waals surface area contributed by atoms with Crippen molar-refractivity contribution < 1.29 is 0 Å². The molecule has 1 aliphatic heterocycles. The maximum absolute atomic E-state index is 4.73. The van der Waals surface area contributed by atoms with Gasteiger partial charge in [0.05, 0.1) is 17.1 Å². The van der Waals surface area contributed by atoms with Gasteiger partial charge in [0.1, 0.15) is 5.82 Å². The molecule has 0 amide bonds. The van der Waals surface area contributed by atoms with E-state index in [1.165, 1.54) is 12.0 Å². The van der Waals surface area contributed by atoms with Crippen molar-refractivity contribution in [2.24, 2.45) is 5.92 Å². The molecule has 3 rings (SSSR count). The van der Waals surface area contributed by atoms with Crippen LogP contribution in [0.5, 0.6) is 0 Å². The van der Waals surface area contributed by atoms with Crippen molar-refractivity contribution in [2.45, 2.75) is 45.6 Å². The van der Waals surface area contributed by atoms with Gasteiger partial charge in [-0.2, -0.15) is 0 Å². The summed E-state index contributed by atoms with van der Waals surface area (Å²) >= 11 is 0. The van der Waals surface area contributed by atoms with Crippen LogP contribution in [-0.2, 0) is 5.41 Å². The summed E-state index contributed by atoms with van der Waals surface area (Å²) in [6.45, 7) is 10.1. The minimum absolute atomic E-state index is 0.180. The second-order valence-corrected chi connectivity index (χ2v) is 6.91. The van der Waals surface area contributed by atoms with Gasteiger partial charge in [0, 0.05) is 0 Å². The van der Waals surface area contributed by atoms with Crippen LogP contribution in [0, 0.1) is 5.92 Å². The molecule has 1 aromatic carbocycles. The van der Waals surface area contributed by atoms with Crippen molar-refractivity contribution in [2.75, 3.05) is 6.54 Å². The quantitative estimate of drug-likeness (QED) is 0.820. The summed E-state index contributed by atoms with van der Waals surface area (Å²) in [5.41, 5.74) is 3.76. The fourth-order valence-electron chi connectivity index (χ4n) is 2.78. The van der Waals surface area contributed by atoms with E-state index in [0.29, 0.717) is 6.04 Å². The maximum Gasteiger partial charge on any atom is 0.124 e. The van der Waals surface area contributed by atoms with Crippen LogP contribution < -0.4 is 5.32 Å². The Hall–Kier alpha value is -1.35. The van der Waals surface area contributed by atoms with Crippen LogP contribution >= 0.6 is 0 Å². The Labute approximate surface area is 114 Å². The molecule has 0 radical (unpaired) electrons. The van der Waals surface area contributed by atoms with E-state index >= 15 is 0 Å². The lowest BCUT2D eigenvalue weighted by molar-refractivity contribution is 0.588. The van der Waals surface area contributed by atoms with Crippen molar-refractivity contribution in [3.8, 4) is 0 Å². The Kier molecular flexibility index (Phi) is 2.90. The lowest BCUT2D eigenvalue weighted by Crippen LogP contribution is -2.14. The Balaban J connectivity index is 1.97. The molecule has 0 aliphatic carbocycles. The largest absolute Gasteiger partial charge is 0.341 e. The summed E-state index contributed by atoms with van der Waals surface area (Å²) in [4.78, 5) is 8.23. The van der Waals surface area contributed by atoms with Crippen molar-refractivity contribution in [1.82, 2.24) is 15.3 Å². The van der Waals surface area contributed by atoms with E-state index in [2.05, 4.69) is 56.2 Å². The van der Waals surface area contributed by atoms with Gasteiger partial charge in [0.25, 0.3) is 0 Å². The fraction of sp³-hybridized carbons (Fsp3) is 0.562. The summed E-state index contributed by atoms with van der Waals surface area (Å²) < 4.78 is 0. The molecule has 1 fully saturated rings. The summed E-state index contributed by atoms with van der Waals surface area (Å²) in [6.07, 6.45) is 1.17. The van der Waals surface area contributed by atoms with Gasteiger partial charge >= 0.3 is 0 Å². The van der Waals surface area contributed by atoms with Gasteiger partial charge in [0.15, 0.2) is 0 Å². The Morgan fingerprint density at radius 3 is 2.68 bits per heavy atom. The lowest BCUT2D eigenvalue weighted by atomic mass is 9.87. The smallest absolute Gasteiger partial charge is 0.124 e. The van der Waals surface area contributed by atoms with Gasteiger partial charge in [-0.15, -0.1) is 0 Å². The SMILES string of the molecule is CC1CNC(c2nc3ccc(C(C)(C)C)cc3[nH]2)C1. The van der Waals surface area contributed by atoms with E-state index in [1.54, 1.807) is 0 Å². The number of nitrogens with zero attached hydrogens (tertiary/aromatic N) is 1. The average Bonchev–Trinajstić information content (AvgIpc) is 2.92. The second kappa shape index (κ2) is 4.34. The van der Waals surface area contributed by atoms with Crippen molar-refractivity contribution >= 4 is 11.0 Å². The van der Waals surface area contributed by atoms with Crippen molar-refractivity contribution in [3.63, 3.8) is 0 Å². The topological polar surface area (TPSA) is 40.7 Å². The van der Waals surface area contributed by atoms with Crippen LogP contribution in [0.25, 0.3) is 11.0 Å². The van der Waals surface area contributed by atoms with E-state index in [9.17, 15) is 0 Å². The number of hydrogen-bond acceptors (Lipinski definition) is 2. The second-order valence-electron chi connectivity index (χ2n) is 6.91. The number of nitrogens with one attached hydrogen (secondary N) is 2. The normalized spacial score (nSPS) is 24.2. The number of imidazole rings is 1. The molecule has 2 atom stereocenters. The highest BCUT2D eigenvalue weighted by Gasteiger charge is 2.24. The molecule has 1 aromatic heterocycles. The highest BCUT2D eigenvalue weighted by Crippen LogP contribution is 2.29. The number of H-pyrrole nitrogens is 1. The summed E-state index contributed by atoms with van der Waals surface area (Å²) in [7, 11) is 0. The Morgan fingerprint density at radius 2 is 2.05 bits per heavy atom. The first-order valence-electron chi connectivity index (χ1n) is 7.17. The molecule has 2 N–H and O–H groups in total. The number of aromatic nitrogens is 2. The maximum atomic E-state index is 4.73. The highest BCUT2D eigenvalue weighted by atomic mass is 15.0. The number of benzene rings is 1. The van der Waals surface area contributed by atoms with Crippen molar-refractivity contribution in [3.05, 3.63) is 29.6 Å². The van der Waals surface area contributed by atoms with Crippen LogP contribution in [0.1, 0.15) is 51.5 Å². The first kappa shape index (κ1) is 12.7. The van der Waals surface area contributed by atoms with Crippen molar-refractivity contribution in [1.29, 1.82) is 0 Å². The molecule has 102 valence electrons. The third-order valence-electron chi connectivity index (χ3n) is 4.05. The molecule has 3 heteroatoms. The highest BCUT2D eigenvalue weighted by molar-refractivity contribution is 5.76. The first-order valence-corrected chi connectivity index (χ1v) is 7.17. The molecule has 0 bridgehead atoms. The summed E-state index contributed by atoms with van der Waals surface area (Å²) in [5.74, 6) is 1.83. The molecule has 0 saturated carbocycles. The number of fused-ring (bicyclic) bond motifs is 1. The van der Waals surface area contributed by atoms with E-state index < -0.39 is 0 Å². The van der Waals surface area contributed by atoms with Gasteiger partial charge in [0.2, 0.25) is 0 Å². The number of aromatic amines is 1. The van der Waals surface area contributed by atoms with E-state index in [-0.39, 0.29) is 5.41 Å². The fourth-order valence-corrected chi connectivity index (χ4v) is 2.78. The minimum atomic E-state index is 0.180. The minimum Gasteiger partial charge on any atom is -0.341 e. The Bertz CT molecular complexity index is 592. The van der Waals surface area contributed by atoms with Crippen LogP contribution in [0.15, 0.2) is 18.2 Å². The first-order chi connectivity index (χ1) is 8.93. The van der Waals surface area contributed by atoms with Gasteiger partial charge in [-0.1, -0.05) is 33.8 Å². The molecular formula is C16H23N3. The Morgan fingerprint density at radius 1 is 1.26 bits per heavy atom. The third kappa shape index (κ3) is 2.39. The standard InChI is InChI=1S/C16H23N3/c1-10-7-14(17-9-10)15-18-12-6-5-11(16(2,3)4)8-13(12)19-15/h5-6,8,10,14,17H,7,9H2,1-4H3,(H,18,19). The predicted octanol–water partition coefficient (Wildman–Crippen LogP) is 3.53. The molecule has 2 unspecified atom stereocenters. The van der Waals surface area contributed by atoms with Gasteiger partial charge in [-0.25, -0.2) is 4.98 Å². The van der Waals surface area contributed by atoms with E-state index in [1.807, 2.05) is 0 Å².